The smallest absolute Gasteiger partial charge is 0.416 e. The number of halogens is 3. The number of piperidine rings is 1. The van der Waals surface area contributed by atoms with Crippen LogP contribution >= 0.6 is 11.3 Å². The fourth-order valence-electron chi connectivity index (χ4n) is 4.84. The number of nitrogens with one attached hydrogen (secondary N) is 1. The third-order valence-electron chi connectivity index (χ3n) is 6.72. The highest BCUT2D eigenvalue weighted by Crippen LogP contribution is 2.40. The Morgan fingerprint density at radius 1 is 1.16 bits per heavy atom. The number of benzene rings is 2. The number of ether oxygens (including phenoxy) is 2. The molecule has 1 amide bonds. The number of primary amides is 1. The molecule has 3 N–H and O–H groups in total. The number of nitrogens with zero attached hydrogens (tertiary/aromatic N) is 1. The molecule has 0 saturated carbocycles. The first kappa shape index (κ1) is 26.1. The molecule has 3 heterocycles. The molecule has 2 aromatic heterocycles. The van der Waals surface area contributed by atoms with E-state index in [2.05, 4.69) is 5.32 Å². The molecule has 38 heavy (non-hydrogen) atoms. The molecule has 1 fully saturated rings. The fourth-order valence-corrected chi connectivity index (χ4v) is 5.77. The summed E-state index contributed by atoms with van der Waals surface area (Å²) < 4.78 is 54.8. The molecule has 2 aromatic carbocycles. The topological polar surface area (TPSA) is 78.5 Å². The summed E-state index contributed by atoms with van der Waals surface area (Å²) in [6.07, 6.45) is -1.55. The maximum atomic E-state index is 13.6. The minimum absolute atomic E-state index is 0.0230. The van der Waals surface area contributed by atoms with Crippen LogP contribution in [0.15, 0.2) is 54.7 Å². The molecule has 1 unspecified atom stereocenters. The standard InChI is InChI=1S/C28H28F3N3O3S/c1-16-15-34(23-13-19(7-8-20(16)23)37-18-9-11-33-12-10-18)25-14-24(26(38-25)27(32)35)36-17(2)21-5-3-4-6-22(21)28(29,30)31/h3-8,13-15,17-18,33H,9-12H2,1-2H3,(H2,32,35). The second kappa shape index (κ2) is 10.3. The van der Waals surface area contributed by atoms with Crippen molar-refractivity contribution in [3.63, 3.8) is 0 Å². The van der Waals surface area contributed by atoms with Crippen LogP contribution in [0.25, 0.3) is 15.9 Å². The van der Waals surface area contributed by atoms with Crippen LogP contribution in [0.2, 0.25) is 0 Å². The number of carbonyl (C=O) groups is 1. The van der Waals surface area contributed by atoms with Crippen molar-refractivity contribution in [1.82, 2.24) is 9.88 Å². The third-order valence-corrected chi connectivity index (χ3v) is 7.85. The second-order valence-corrected chi connectivity index (χ2v) is 10.4. The number of aryl methyl sites for hydroxylation is 1. The highest BCUT2D eigenvalue weighted by Gasteiger charge is 2.35. The second-order valence-electron chi connectivity index (χ2n) is 9.42. The minimum Gasteiger partial charge on any atom is -0.490 e. The molecule has 1 aliphatic heterocycles. The zero-order valence-electron chi connectivity index (χ0n) is 21.0. The van der Waals surface area contributed by atoms with E-state index in [0.717, 1.165) is 65.6 Å². The van der Waals surface area contributed by atoms with E-state index in [4.69, 9.17) is 15.2 Å². The monoisotopic (exact) mass is 543 g/mol. The van der Waals surface area contributed by atoms with Gasteiger partial charge < -0.3 is 25.1 Å². The van der Waals surface area contributed by atoms with Crippen LogP contribution in [0.4, 0.5) is 13.2 Å². The van der Waals surface area contributed by atoms with Crippen molar-refractivity contribution in [3.8, 4) is 16.5 Å². The summed E-state index contributed by atoms with van der Waals surface area (Å²) in [5, 5.41) is 5.00. The highest BCUT2D eigenvalue weighted by atomic mass is 32.1. The molecule has 5 rings (SSSR count). The van der Waals surface area contributed by atoms with E-state index in [1.807, 2.05) is 35.9 Å². The van der Waals surface area contributed by atoms with E-state index >= 15 is 0 Å². The van der Waals surface area contributed by atoms with E-state index in [9.17, 15) is 18.0 Å². The fraction of sp³-hybridized carbons (Fsp3) is 0.321. The number of thiophene rings is 1. The molecule has 4 aromatic rings. The summed E-state index contributed by atoms with van der Waals surface area (Å²) in [6.45, 7) is 5.35. The van der Waals surface area contributed by atoms with E-state index in [1.54, 1.807) is 6.07 Å². The summed E-state index contributed by atoms with van der Waals surface area (Å²) in [5.41, 5.74) is 6.75. The van der Waals surface area contributed by atoms with Gasteiger partial charge in [0.1, 0.15) is 33.6 Å². The van der Waals surface area contributed by atoms with Gasteiger partial charge in [-0.3, -0.25) is 4.79 Å². The third kappa shape index (κ3) is 5.23. The largest absolute Gasteiger partial charge is 0.490 e. The molecule has 1 atom stereocenters. The molecule has 0 bridgehead atoms. The summed E-state index contributed by atoms with van der Waals surface area (Å²) in [6, 6.07) is 12.8. The first-order valence-electron chi connectivity index (χ1n) is 12.4. The molecule has 1 saturated heterocycles. The van der Waals surface area contributed by atoms with E-state index < -0.39 is 23.8 Å². The Labute approximate surface area is 222 Å². The van der Waals surface area contributed by atoms with Crippen LogP contribution in [0.1, 0.15) is 52.2 Å². The predicted molar refractivity (Wildman–Crippen MR) is 141 cm³/mol. The Kier molecular flexibility index (Phi) is 7.11. The van der Waals surface area contributed by atoms with Gasteiger partial charge in [0.2, 0.25) is 0 Å². The Bertz CT molecular complexity index is 1470. The van der Waals surface area contributed by atoms with Crippen LogP contribution in [-0.2, 0) is 6.18 Å². The number of aromatic nitrogens is 1. The van der Waals surface area contributed by atoms with Crippen molar-refractivity contribution >= 4 is 28.1 Å². The zero-order chi connectivity index (χ0) is 27.0. The van der Waals surface area contributed by atoms with Crippen LogP contribution in [0.3, 0.4) is 0 Å². The van der Waals surface area contributed by atoms with E-state index in [0.29, 0.717) is 5.00 Å². The minimum atomic E-state index is -4.53. The Hall–Kier alpha value is -3.50. The van der Waals surface area contributed by atoms with Gasteiger partial charge in [0.15, 0.2) is 0 Å². The van der Waals surface area contributed by atoms with Crippen molar-refractivity contribution in [3.05, 3.63) is 76.3 Å². The Morgan fingerprint density at radius 2 is 1.89 bits per heavy atom. The lowest BCUT2D eigenvalue weighted by molar-refractivity contribution is -0.139. The van der Waals surface area contributed by atoms with Crippen molar-refractivity contribution in [1.29, 1.82) is 0 Å². The molecular weight excluding hydrogens is 515 g/mol. The van der Waals surface area contributed by atoms with Crippen molar-refractivity contribution < 1.29 is 27.4 Å². The summed E-state index contributed by atoms with van der Waals surface area (Å²) in [7, 11) is 0. The van der Waals surface area contributed by atoms with Crippen molar-refractivity contribution in [2.24, 2.45) is 5.73 Å². The Balaban J connectivity index is 1.49. The van der Waals surface area contributed by atoms with Crippen LogP contribution < -0.4 is 20.5 Å². The molecule has 0 aliphatic carbocycles. The van der Waals surface area contributed by atoms with E-state index in [-0.39, 0.29) is 22.3 Å². The maximum Gasteiger partial charge on any atom is 0.416 e. The zero-order valence-corrected chi connectivity index (χ0v) is 21.8. The van der Waals surface area contributed by atoms with Gasteiger partial charge in [0.05, 0.1) is 11.1 Å². The molecule has 200 valence electrons. The summed E-state index contributed by atoms with van der Waals surface area (Å²) in [5.74, 6) is 0.184. The highest BCUT2D eigenvalue weighted by molar-refractivity contribution is 7.16. The predicted octanol–water partition coefficient (Wildman–Crippen LogP) is 6.39. The molecule has 0 radical (unpaired) electrons. The van der Waals surface area contributed by atoms with Gasteiger partial charge in [-0.15, -0.1) is 11.3 Å². The first-order valence-corrected chi connectivity index (χ1v) is 13.2. The molecule has 0 spiro atoms. The van der Waals surface area contributed by atoms with Crippen LogP contribution in [-0.4, -0.2) is 29.7 Å². The van der Waals surface area contributed by atoms with E-state index in [1.165, 1.54) is 25.1 Å². The molecule has 10 heteroatoms. The van der Waals surface area contributed by atoms with Crippen LogP contribution in [0.5, 0.6) is 11.5 Å². The van der Waals surface area contributed by atoms with Gasteiger partial charge in [0.25, 0.3) is 5.91 Å². The SMILES string of the molecule is Cc1cn(-c2cc(OC(C)c3ccccc3C(F)(F)F)c(C(N)=O)s2)c2cc(OC3CCNCC3)ccc12. The number of amides is 1. The van der Waals surface area contributed by atoms with Gasteiger partial charge >= 0.3 is 6.18 Å². The van der Waals surface area contributed by atoms with Gasteiger partial charge in [-0.05, 0) is 63.5 Å². The molecule has 1 aliphatic rings. The summed E-state index contributed by atoms with van der Waals surface area (Å²) >= 11 is 1.13. The average Bonchev–Trinajstić information content (AvgIpc) is 3.45. The summed E-state index contributed by atoms with van der Waals surface area (Å²) in [4.78, 5) is 12.4. The van der Waals surface area contributed by atoms with Gasteiger partial charge in [-0.25, -0.2) is 0 Å². The maximum absolute atomic E-state index is 13.6. The van der Waals surface area contributed by atoms with Crippen molar-refractivity contribution in [2.45, 2.75) is 45.1 Å². The van der Waals surface area contributed by atoms with Gasteiger partial charge in [-0.1, -0.05) is 18.2 Å². The number of nitrogens with two attached hydrogens (primary N) is 1. The number of carbonyl (C=O) groups excluding carboxylic acids is 1. The quantitative estimate of drug-likeness (QED) is 0.283. The lowest BCUT2D eigenvalue weighted by Gasteiger charge is -2.23. The number of alkyl halides is 3. The van der Waals surface area contributed by atoms with Crippen molar-refractivity contribution in [2.75, 3.05) is 13.1 Å². The van der Waals surface area contributed by atoms with Crippen LogP contribution in [0, 0.1) is 6.92 Å². The number of rotatable bonds is 7. The number of fused-ring (bicyclic) bond motifs is 1. The van der Waals surface area contributed by atoms with Gasteiger partial charge in [0, 0.05) is 29.3 Å². The van der Waals surface area contributed by atoms with Gasteiger partial charge in [-0.2, -0.15) is 13.2 Å². The average molecular weight is 544 g/mol. The molecular formula is C28H28F3N3O3S. The first-order chi connectivity index (χ1) is 18.1. The molecule has 6 nitrogen and oxygen atoms in total. The Morgan fingerprint density at radius 3 is 2.61 bits per heavy atom. The normalized spacial score (nSPS) is 15.5. The lowest BCUT2D eigenvalue weighted by atomic mass is 10.0. The lowest BCUT2D eigenvalue weighted by Crippen LogP contribution is -2.34. The number of hydrogen-bond acceptors (Lipinski definition) is 5. The number of hydrogen-bond donors (Lipinski definition) is 2.